The third-order valence-corrected chi connectivity index (χ3v) is 4.45. The van der Waals surface area contributed by atoms with Crippen LogP contribution in [0.4, 0.5) is 0 Å². The van der Waals surface area contributed by atoms with E-state index < -0.39 is 0 Å². The summed E-state index contributed by atoms with van der Waals surface area (Å²) in [6.45, 7) is 3.14. The predicted molar refractivity (Wildman–Crippen MR) is 79.2 cm³/mol. The maximum atomic E-state index is 12.6. The predicted octanol–water partition coefficient (Wildman–Crippen LogP) is 2.46. The molecule has 1 fully saturated rings. The Morgan fingerprint density at radius 1 is 1.53 bits per heavy atom. The van der Waals surface area contributed by atoms with Crippen LogP contribution in [0.15, 0.2) is 11.4 Å². The molecule has 2 N–H and O–H groups in total. The van der Waals surface area contributed by atoms with Crippen molar-refractivity contribution in [1.29, 1.82) is 0 Å². The van der Waals surface area contributed by atoms with Crippen LogP contribution < -0.4 is 5.73 Å². The first kappa shape index (κ1) is 14.1. The van der Waals surface area contributed by atoms with Crippen LogP contribution in [0.3, 0.4) is 0 Å². The van der Waals surface area contributed by atoms with Gasteiger partial charge in [0.05, 0.1) is 6.54 Å². The third kappa shape index (κ3) is 3.17. The summed E-state index contributed by atoms with van der Waals surface area (Å²) in [4.78, 5) is 15.4. The second-order valence-electron chi connectivity index (χ2n) is 4.70. The van der Waals surface area contributed by atoms with Gasteiger partial charge in [-0.25, -0.2) is 0 Å². The van der Waals surface area contributed by atoms with E-state index in [1.807, 2.05) is 16.3 Å². The van der Waals surface area contributed by atoms with Gasteiger partial charge in [-0.15, -0.1) is 11.3 Å². The Morgan fingerprint density at radius 3 is 2.89 bits per heavy atom. The number of carbonyl (C=O) groups is 1. The summed E-state index contributed by atoms with van der Waals surface area (Å²) >= 11 is 1.48. The first-order valence-corrected chi connectivity index (χ1v) is 7.73. The van der Waals surface area contributed by atoms with Crippen LogP contribution in [0.5, 0.6) is 0 Å². The van der Waals surface area contributed by atoms with Gasteiger partial charge in [0.2, 0.25) is 0 Å². The van der Waals surface area contributed by atoms with E-state index >= 15 is 0 Å². The summed E-state index contributed by atoms with van der Waals surface area (Å²) in [5.74, 6) is 5.95. The molecule has 1 saturated carbocycles. The number of hydrogen-bond acceptors (Lipinski definition) is 3. The molecule has 0 bridgehead atoms. The topological polar surface area (TPSA) is 46.3 Å². The number of hydrogen-bond donors (Lipinski definition) is 1. The van der Waals surface area contributed by atoms with Crippen LogP contribution in [0.2, 0.25) is 0 Å². The molecular weight excluding hydrogens is 256 g/mol. The lowest BCUT2D eigenvalue weighted by atomic mass is 10.1. The van der Waals surface area contributed by atoms with Gasteiger partial charge in [0, 0.05) is 18.2 Å². The molecule has 0 unspecified atom stereocenters. The molecular formula is C15H20N2OS. The van der Waals surface area contributed by atoms with Crippen LogP contribution in [-0.4, -0.2) is 29.9 Å². The number of nitrogens with zero attached hydrogens (tertiary/aromatic N) is 1. The minimum Gasteiger partial charge on any atom is -0.335 e. The van der Waals surface area contributed by atoms with Gasteiger partial charge < -0.3 is 10.6 Å². The Hall–Kier alpha value is -1.31. The quantitative estimate of drug-likeness (QED) is 0.862. The van der Waals surface area contributed by atoms with E-state index in [1.165, 1.54) is 24.2 Å². The minimum atomic E-state index is 0.130. The van der Waals surface area contributed by atoms with Crippen molar-refractivity contribution in [3.05, 3.63) is 21.9 Å². The van der Waals surface area contributed by atoms with Crippen LogP contribution >= 0.6 is 11.3 Å². The second-order valence-corrected chi connectivity index (χ2v) is 5.61. The molecule has 0 spiro atoms. The molecule has 0 aliphatic heterocycles. The Morgan fingerprint density at radius 2 is 2.26 bits per heavy atom. The van der Waals surface area contributed by atoms with Crippen LogP contribution in [0.1, 0.15) is 47.8 Å². The fraction of sp³-hybridized carbons (Fsp3) is 0.533. The van der Waals surface area contributed by atoms with Gasteiger partial charge in [0.15, 0.2) is 0 Å². The van der Waals surface area contributed by atoms with Crippen molar-refractivity contribution >= 4 is 17.2 Å². The minimum absolute atomic E-state index is 0.130. The molecule has 1 heterocycles. The SMILES string of the molecule is CCN(C(=O)c1sccc1C#CCN)C1CCCC1. The van der Waals surface area contributed by atoms with Crippen molar-refractivity contribution in [3.8, 4) is 11.8 Å². The highest BCUT2D eigenvalue weighted by atomic mass is 32.1. The Balaban J connectivity index is 2.19. The number of rotatable bonds is 3. The maximum Gasteiger partial charge on any atom is 0.265 e. The van der Waals surface area contributed by atoms with Crippen molar-refractivity contribution in [3.63, 3.8) is 0 Å². The van der Waals surface area contributed by atoms with Crippen molar-refractivity contribution in [2.75, 3.05) is 13.1 Å². The van der Waals surface area contributed by atoms with Gasteiger partial charge in [-0.05, 0) is 31.2 Å². The first-order valence-electron chi connectivity index (χ1n) is 6.85. The number of carbonyl (C=O) groups excluding carboxylic acids is 1. The molecule has 1 aliphatic carbocycles. The molecule has 3 nitrogen and oxygen atoms in total. The average molecular weight is 276 g/mol. The largest absolute Gasteiger partial charge is 0.335 e. The molecule has 2 rings (SSSR count). The third-order valence-electron chi connectivity index (χ3n) is 3.55. The Bertz CT molecular complexity index is 492. The zero-order chi connectivity index (χ0) is 13.7. The standard InChI is InChI=1S/C15H20N2OS/c1-2-17(13-7-3-4-8-13)15(18)14-12(6-5-10-16)9-11-19-14/h9,11,13H,2-4,7-8,10,16H2,1H3. The number of nitrogens with two attached hydrogens (primary N) is 1. The summed E-state index contributed by atoms with van der Waals surface area (Å²) in [5.41, 5.74) is 6.21. The van der Waals surface area contributed by atoms with Gasteiger partial charge in [0.25, 0.3) is 5.91 Å². The molecule has 1 aliphatic rings. The smallest absolute Gasteiger partial charge is 0.265 e. The van der Waals surface area contributed by atoms with Gasteiger partial charge in [-0.2, -0.15) is 0 Å². The van der Waals surface area contributed by atoms with Gasteiger partial charge in [0.1, 0.15) is 4.88 Å². The summed E-state index contributed by atoms with van der Waals surface area (Å²) in [6, 6.07) is 2.32. The van der Waals surface area contributed by atoms with E-state index in [-0.39, 0.29) is 5.91 Å². The highest BCUT2D eigenvalue weighted by Gasteiger charge is 2.27. The summed E-state index contributed by atoms with van der Waals surface area (Å²) in [7, 11) is 0. The molecule has 1 aromatic heterocycles. The summed E-state index contributed by atoms with van der Waals surface area (Å²) < 4.78 is 0. The fourth-order valence-corrected chi connectivity index (χ4v) is 3.44. The van der Waals surface area contributed by atoms with Crippen molar-refractivity contribution in [1.82, 2.24) is 4.90 Å². The van der Waals surface area contributed by atoms with Crippen LogP contribution in [0.25, 0.3) is 0 Å². The van der Waals surface area contributed by atoms with E-state index in [0.717, 1.165) is 29.8 Å². The lowest BCUT2D eigenvalue weighted by Crippen LogP contribution is -2.38. The normalized spacial score (nSPS) is 15.1. The van der Waals surface area contributed by atoms with Gasteiger partial charge in [-0.1, -0.05) is 24.7 Å². The van der Waals surface area contributed by atoms with Crippen molar-refractivity contribution in [2.24, 2.45) is 5.73 Å². The Kier molecular flexibility index (Phi) is 5.00. The molecule has 102 valence electrons. The average Bonchev–Trinajstić information content (AvgIpc) is 3.08. The summed E-state index contributed by atoms with van der Waals surface area (Å²) in [6.07, 6.45) is 4.74. The molecule has 19 heavy (non-hydrogen) atoms. The fourth-order valence-electron chi connectivity index (χ4n) is 2.63. The second kappa shape index (κ2) is 6.74. The van der Waals surface area contributed by atoms with Gasteiger partial charge in [-0.3, -0.25) is 4.79 Å². The van der Waals surface area contributed by atoms with Crippen LogP contribution in [0, 0.1) is 11.8 Å². The number of amides is 1. The lowest BCUT2D eigenvalue weighted by molar-refractivity contribution is 0.0698. The molecule has 1 amide bonds. The highest BCUT2D eigenvalue weighted by Crippen LogP contribution is 2.26. The molecule has 4 heteroatoms. The lowest BCUT2D eigenvalue weighted by Gasteiger charge is -2.27. The van der Waals surface area contributed by atoms with E-state index in [9.17, 15) is 4.79 Å². The van der Waals surface area contributed by atoms with Gasteiger partial charge >= 0.3 is 0 Å². The molecule has 1 aromatic rings. The Labute approximate surface area is 118 Å². The molecule has 0 radical (unpaired) electrons. The summed E-state index contributed by atoms with van der Waals surface area (Å²) in [5, 5.41) is 1.93. The van der Waals surface area contributed by atoms with Crippen molar-refractivity contribution < 1.29 is 4.79 Å². The van der Waals surface area contributed by atoms with E-state index in [4.69, 9.17) is 5.73 Å². The highest BCUT2D eigenvalue weighted by molar-refractivity contribution is 7.12. The first-order chi connectivity index (χ1) is 9.27. The maximum absolute atomic E-state index is 12.6. The molecule has 0 atom stereocenters. The number of thiophene rings is 1. The van der Waals surface area contributed by atoms with Crippen LogP contribution in [-0.2, 0) is 0 Å². The van der Waals surface area contributed by atoms with Crippen molar-refractivity contribution in [2.45, 2.75) is 38.6 Å². The van der Waals surface area contributed by atoms with E-state index in [2.05, 4.69) is 18.8 Å². The zero-order valence-electron chi connectivity index (χ0n) is 11.3. The van der Waals surface area contributed by atoms with E-state index in [0.29, 0.717) is 12.6 Å². The zero-order valence-corrected chi connectivity index (χ0v) is 12.1. The molecule has 0 aromatic carbocycles. The van der Waals surface area contributed by atoms with E-state index in [1.54, 1.807) is 0 Å². The molecule has 0 saturated heterocycles. The monoisotopic (exact) mass is 276 g/mol.